The van der Waals surface area contributed by atoms with Crippen molar-refractivity contribution in [1.29, 1.82) is 0 Å². The number of alkyl halides is 1. The van der Waals surface area contributed by atoms with Crippen molar-refractivity contribution >= 4 is 17.3 Å². The lowest BCUT2D eigenvalue weighted by Gasteiger charge is -2.23. The van der Waals surface area contributed by atoms with Crippen LogP contribution in [0.3, 0.4) is 0 Å². The number of rotatable bonds is 7. The van der Waals surface area contributed by atoms with Crippen LogP contribution in [0.4, 0.5) is 5.69 Å². The van der Waals surface area contributed by atoms with Gasteiger partial charge < -0.3 is 10.1 Å². The molecule has 96 valence electrons. The number of ether oxygens (including phenoxy) is 1. The third-order valence-electron chi connectivity index (χ3n) is 2.95. The Morgan fingerprint density at radius 3 is 2.41 bits per heavy atom. The Balaban J connectivity index is 2.37. The van der Waals surface area contributed by atoms with Gasteiger partial charge in [0, 0.05) is 25.2 Å². The Hall–Kier alpha value is -0.730. The van der Waals surface area contributed by atoms with Crippen molar-refractivity contribution in [3.8, 4) is 0 Å². The number of hydrogen-bond donors (Lipinski definition) is 1. The van der Waals surface area contributed by atoms with E-state index in [-0.39, 0.29) is 5.60 Å². The Labute approximate surface area is 109 Å². The highest BCUT2D eigenvalue weighted by Gasteiger charge is 2.14. The van der Waals surface area contributed by atoms with E-state index in [2.05, 4.69) is 43.4 Å². The number of aryl methyl sites for hydroxylation is 1. The van der Waals surface area contributed by atoms with Crippen molar-refractivity contribution < 1.29 is 4.74 Å². The summed E-state index contributed by atoms with van der Waals surface area (Å²) < 4.78 is 5.37. The first-order chi connectivity index (χ1) is 8.07. The largest absolute Gasteiger partial charge is 0.385 e. The van der Waals surface area contributed by atoms with Gasteiger partial charge in [-0.1, -0.05) is 12.1 Å². The molecule has 1 aromatic carbocycles. The van der Waals surface area contributed by atoms with E-state index in [4.69, 9.17) is 16.3 Å². The summed E-state index contributed by atoms with van der Waals surface area (Å²) in [4.78, 5) is 0. The van der Waals surface area contributed by atoms with Gasteiger partial charge in [-0.2, -0.15) is 0 Å². The van der Waals surface area contributed by atoms with Crippen molar-refractivity contribution in [1.82, 2.24) is 0 Å². The Morgan fingerprint density at radius 1 is 1.24 bits per heavy atom. The number of benzene rings is 1. The van der Waals surface area contributed by atoms with Crippen molar-refractivity contribution in [2.45, 2.75) is 32.3 Å². The summed E-state index contributed by atoms with van der Waals surface area (Å²) in [5.74, 6) is 0.675. The maximum absolute atomic E-state index is 5.70. The second-order valence-corrected chi connectivity index (χ2v) is 5.15. The molecule has 3 heteroatoms. The van der Waals surface area contributed by atoms with Gasteiger partial charge in [-0.15, -0.1) is 11.6 Å². The first kappa shape index (κ1) is 14.3. The fourth-order valence-electron chi connectivity index (χ4n) is 1.51. The van der Waals surface area contributed by atoms with Gasteiger partial charge in [0.15, 0.2) is 0 Å². The zero-order valence-corrected chi connectivity index (χ0v) is 11.7. The quantitative estimate of drug-likeness (QED) is 0.751. The van der Waals surface area contributed by atoms with Crippen LogP contribution in [0.15, 0.2) is 24.3 Å². The molecule has 0 heterocycles. The third kappa shape index (κ3) is 5.42. The van der Waals surface area contributed by atoms with Gasteiger partial charge in [0.1, 0.15) is 0 Å². The number of hydrogen-bond acceptors (Lipinski definition) is 2. The van der Waals surface area contributed by atoms with E-state index in [9.17, 15) is 0 Å². The molecule has 0 spiro atoms. The monoisotopic (exact) mass is 255 g/mol. The van der Waals surface area contributed by atoms with E-state index in [1.165, 1.54) is 5.56 Å². The lowest BCUT2D eigenvalue weighted by molar-refractivity contribution is 0.0185. The fraction of sp³-hybridized carbons (Fsp3) is 0.571. The average Bonchev–Trinajstić information content (AvgIpc) is 2.32. The molecule has 0 unspecified atom stereocenters. The SMILES string of the molecule is COC(C)(C)CCNc1ccc(CCCl)cc1. The molecule has 0 saturated heterocycles. The van der Waals surface area contributed by atoms with Crippen molar-refractivity contribution in [3.05, 3.63) is 29.8 Å². The Kier molecular flexibility index (Phi) is 5.79. The highest BCUT2D eigenvalue weighted by Crippen LogP contribution is 2.14. The van der Waals surface area contributed by atoms with Gasteiger partial charge in [-0.05, 0) is 44.4 Å². The van der Waals surface area contributed by atoms with Gasteiger partial charge in [-0.3, -0.25) is 0 Å². The molecule has 0 fully saturated rings. The van der Waals surface area contributed by atoms with Crippen LogP contribution >= 0.6 is 11.6 Å². The zero-order valence-electron chi connectivity index (χ0n) is 10.9. The maximum Gasteiger partial charge on any atom is 0.0639 e. The average molecular weight is 256 g/mol. The summed E-state index contributed by atoms with van der Waals surface area (Å²) in [7, 11) is 1.75. The molecule has 0 aromatic heterocycles. The lowest BCUT2D eigenvalue weighted by atomic mass is 10.1. The van der Waals surface area contributed by atoms with Crippen molar-refractivity contribution in [2.24, 2.45) is 0 Å². The summed E-state index contributed by atoms with van der Waals surface area (Å²) in [5.41, 5.74) is 2.36. The summed E-state index contributed by atoms with van der Waals surface area (Å²) in [5, 5.41) is 3.39. The molecule has 1 aromatic rings. The molecule has 0 atom stereocenters. The molecule has 0 aliphatic heterocycles. The van der Waals surface area contributed by atoms with Crippen LogP contribution in [-0.2, 0) is 11.2 Å². The second kappa shape index (κ2) is 6.87. The third-order valence-corrected chi connectivity index (χ3v) is 3.13. The molecule has 0 amide bonds. The number of halogens is 1. The molecule has 1 rings (SSSR count). The zero-order chi connectivity index (χ0) is 12.7. The van der Waals surface area contributed by atoms with Crippen LogP contribution in [-0.4, -0.2) is 25.1 Å². The normalized spacial score (nSPS) is 11.5. The molecule has 2 nitrogen and oxygen atoms in total. The molecule has 0 radical (unpaired) electrons. The minimum absolute atomic E-state index is 0.0639. The van der Waals surface area contributed by atoms with Crippen LogP contribution in [0, 0.1) is 0 Å². The van der Waals surface area contributed by atoms with Gasteiger partial charge >= 0.3 is 0 Å². The van der Waals surface area contributed by atoms with Gasteiger partial charge in [0.2, 0.25) is 0 Å². The summed E-state index contributed by atoms with van der Waals surface area (Å²) >= 11 is 5.70. The van der Waals surface area contributed by atoms with Crippen LogP contribution in [0.1, 0.15) is 25.8 Å². The van der Waals surface area contributed by atoms with Crippen LogP contribution in [0.5, 0.6) is 0 Å². The number of nitrogens with one attached hydrogen (secondary N) is 1. The fourth-order valence-corrected chi connectivity index (χ4v) is 1.73. The predicted octanol–water partition coefficient (Wildman–Crippen LogP) is 3.69. The van der Waals surface area contributed by atoms with Crippen LogP contribution in [0.25, 0.3) is 0 Å². The summed E-state index contributed by atoms with van der Waals surface area (Å²) in [6, 6.07) is 8.43. The van der Waals surface area contributed by atoms with E-state index in [1.807, 2.05) is 0 Å². The van der Waals surface area contributed by atoms with Gasteiger partial charge in [-0.25, -0.2) is 0 Å². The molecule has 0 bridgehead atoms. The highest BCUT2D eigenvalue weighted by atomic mass is 35.5. The summed E-state index contributed by atoms with van der Waals surface area (Å²) in [6.45, 7) is 5.10. The first-order valence-electron chi connectivity index (χ1n) is 6.01. The molecular weight excluding hydrogens is 234 g/mol. The van der Waals surface area contributed by atoms with Crippen LogP contribution in [0.2, 0.25) is 0 Å². The molecule has 0 saturated carbocycles. The topological polar surface area (TPSA) is 21.3 Å². The Morgan fingerprint density at radius 2 is 1.88 bits per heavy atom. The lowest BCUT2D eigenvalue weighted by Crippen LogP contribution is -2.25. The van der Waals surface area contributed by atoms with Crippen molar-refractivity contribution in [3.63, 3.8) is 0 Å². The minimum Gasteiger partial charge on any atom is -0.385 e. The predicted molar refractivity (Wildman–Crippen MR) is 75.1 cm³/mol. The molecule has 17 heavy (non-hydrogen) atoms. The number of anilines is 1. The second-order valence-electron chi connectivity index (χ2n) is 4.78. The standard InChI is InChI=1S/C14H22ClNO/c1-14(2,17-3)9-11-16-13-6-4-12(5-7-13)8-10-15/h4-7,16H,8-11H2,1-3H3. The van der Waals surface area contributed by atoms with E-state index in [0.29, 0.717) is 5.88 Å². The van der Waals surface area contributed by atoms with Gasteiger partial charge in [0.25, 0.3) is 0 Å². The molecule has 0 aliphatic rings. The van der Waals surface area contributed by atoms with Crippen LogP contribution < -0.4 is 5.32 Å². The van der Waals surface area contributed by atoms with Crippen molar-refractivity contribution in [2.75, 3.05) is 24.9 Å². The summed E-state index contributed by atoms with van der Waals surface area (Å²) in [6.07, 6.45) is 1.91. The number of methoxy groups -OCH3 is 1. The first-order valence-corrected chi connectivity index (χ1v) is 6.55. The van der Waals surface area contributed by atoms with E-state index in [0.717, 1.165) is 25.1 Å². The molecule has 0 aliphatic carbocycles. The molecule has 1 N–H and O–H groups in total. The van der Waals surface area contributed by atoms with E-state index >= 15 is 0 Å². The highest BCUT2D eigenvalue weighted by molar-refractivity contribution is 6.17. The minimum atomic E-state index is -0.0639. The van der Waals surface area contributed by atoms with E-state index in [1.54, 1.807) is 7.11 Å². The van der Waals surface area contributed by atoms with Gasteiger partial charge in [0.05, 0.1) is 5.60 Å². The Bertz CT molecular complexity index is 321. The smallest absolute Gasteiger partial charge is 0.0639 e. The maximum atomic E-state index is 5.70. The molecular formula is C14H22ClNO. The van der Waals surface area contributed by atoms with E-state index < -0.39 is 0 Å².